The highest BCUT2D eigenvalue weighted by Gasteiger charge is 2.38. The zero-order valence-corrected chi connectivity index (χ0v) is 20.7. The van der Waals surface area contributed by atoms with Crippen molar-refractivity contribution >= 4 is 47.6 Å². The molecule has 8 heteroatoms. The molecule has 1 spiro atoms. The fourth-order valence-electron chi connectivity index (χ4n) is 4.10. The number of nitrogens with zero attached hydrogens (tertiary/aromatic N) is 4. The predicted octanol–water partition coefficient (Wildman–Crippen LogP) is 3.03. The molecule has 1 saturated carbocycles. The van der Waals surface area contributed by atoms with Crippen LogP contribution < -0.4 is 5.32 Å². The number of carbonyl (C=O) groups is 1. The number of carbonyl (C=O) groups excluding carboxylic acids is 1. The van der Waals surface area contributed by atoms with E-state index in [0.717, 1.165) is 36.9 Å². The second kappa shape index (κ2) is 12.0. The Morgan fingerprint density at radius 1 is 1.34 bits per heavy atom. The Hall–Kier alpha value is -1.03. The minimum atomic E-state index is 0. The molecule has 1 saturated heterocycles. The molecule has 3 rings (SSSR count). The molecule has 1 aliphatic heterocycles. The van der Waals surface area contributed by atoms with Crippen LogP contribution >= 0.6 is 35.7 Å². The number of rotatable bonds is 5. The number of nitrogens with one attached hydrogen (secondary N) is 1. The normalized spacial score (nSPS) is 18.8. The average molecular weight is 532 g/mol. The lowest BCUT2D eigenvalue weighted by Crippen LogP contribution is -2.54. The van der Waals surface area contributed by atoms with Gasteiger partial charge in [-0.15, -0.1) is 24.0 Å². The van der Waals surface area contributed by atoms with E-state index in [-0.39, 0.29) is 36.4 Å². The molecule has 2 aliphatic rings. The van der Waals surface area contributed by atoms with Crippen LogP contribution in [-0.4, -0.2) is 77.4 Å². The molecular formula is C21H34IN5OS. The van der Waals surface area contributed by atoms with Gasteiger partial charge in [0.15, 0.2) is 5.96 Å². The number of likely N-dealkylation sites (N-methyl/N-ethyl adjacent to an activating group) is 1. The van der Waals surface area contributed by atoms with Crippen molar-refractivity contribution in [1.82, 2.24) is 20.1 Å². The van der Waals surface area contributed by atoms with Crippen LogP contribution in [0, 0.1) is 0 Å². The first-order chi connectivity index (χ1) is 13.6. The van der Waals surface area contributed by atoms with E-state index in [4.69, 9.17) is 0 Å². The van der Waals surface area contributed by atoms with Crippen LogP contribution in [0.1, 0.15) is 37.8 Å². The van der Waals surface area contributed by atoms with Gasteiger partial charge in [-0.25, -0.2) is 0 Å². The van der Waals surface area contributed by atoms with Gasteiger partial charge in [0, 0.05) is 62.5 Å². The van der Waals surface area contributed by atoms with Crippen LogP contribution in [-0.2, 0) is 11.2 Å². The summed E-state index contributed by atoms with van der Waals surface area (Å²) in [5.74, 6) is 2.08. The van der Waals surface area contributed by atoms with Crippen molar-refractivity contribution in [2.45, 2.75) is 43.3 Å². The van der Waals surface area contributed by atoms with Gasteiger partial charge in [-0.3, -0.25) is 14.8 Å². The standard InChI is InChI=1S/C21H33N5OS.HI/c1-22-20(26-14-15-28-21(17-26)10-5-3-6-11-21)24-16-19(27)25(2)13-9-18-8-4-7-12-23-18;/h4,7-8,12H,3,5-6,9-11,13-17H2,1-2H3,(H,22,24);1H. The van der Waals surface area contributed by atoms with Crippen LogP contribution in [0.2, 0.25) is 0 Å². The van der Waals surface area contributed by atoms with Crippen molar-refractivity contribution in [2.24, 2.45) is 4.99 Å². The third-order valence-corrected chi connectivity index (χ3v) is 7.31. The fourth-order valence-corrected chi connectivity index (χ4v) is 5.67. The first-order valence-corrected chi connectivity index (χ1v) is 11.3. The molecule has 1 amide bonds. The van der Waals surface area contributed by atoms with Crippen molar-refractivity contribution in [1.29, 1.82) is 0 Å². The van der Waals surface area contributed by atoms with Crippen molar-refractivity contribution in [2.75, 3.05) is 46.0 Å². The number of aliphatic imine (C=N–C) groups is 1. The smallest absolute Gasteiger partial charge is 0.241 e. The highest BCUT2D eigenvalue weighted by Crippen LogP contribution is 2.42. The number of thioether (sulfide) groups is 1. The molecular weight excluding hydrogens is 497 g/mol. The van der Waals surface area contributed by atoms with E-state index in [1.165, 1.54) is 32.1 Å². The Bertz CT molecular complexity index is 661. The summed E-state index contributed by atoms with van der Waals surface area (Å²) >= 11 is 2.15. The number of guanidine groups is 1. The van der Waals surface area contributed by atoms with Crippen molar-refractivity contribution in [3.8, 4) is 0 Å². The zero-order valence-electron chi connectivity index (χ0n) is 17.6. The van der Waals surface area contributed by atoms with Crippen LogP contribution in [0.3, 0.4) is 0 Å². The van der Waals surface area contributed by atoms with E-state index in [9.17, 15) is 4.79 Å². The van der Waals surface area contributed by atoms with Crippen molar-refractivity contribution in [3.63, 3.8) is 0 Å². The van der Waals surface area contributed by atoms with E-state index in [0.29, 0.717) is 11.3 Å². The molecule has 162 valence electrons. The molecule has 0 unspecified atom stereocenters. The molecule has 1 aliphatic carbocycles. The van der Waals surface area contributed by atoms with Gasteiger partial charge in [-0.2, -0.15) is 11.8 Å². The monoisotopic (exact) mass is 531 g/mol. The van der Waals surface area contributed by atoms with Gasteiger partial charge in [0.2, 0.25) is 5.91 Å². The molecule has 6 nitrogen and oxygen atoms in total. The van der Waals surface area contributed by atoms with Crippen molar-refractivity contribution in [3.05, 3.63) is 30.1 Å². The van der Waals surface area contributed by atoms with Gasteiger partial charge in [0.25, 0.3) is 0 Å². The molecule has 29 heavy (non-hydrogen) atoms. The lowest BCUT2D eigenvalue weighted by atomic mass is 9.87. The largest absolute Gasteiger partial charge is 0.347 e. The topological polar surface area (TPSA) is 60.8 Å². The number of pyridine rings is 1. The third kappa shape index (κ3) is 7.01. The van der Waals surface area contributed by atoms with Gasteiger partial charge < -0.3 is 15.1 Å². The van der Waals surface area contributed by atoms with Gasteiger partial charge in [-0.1, -0.05) is 25.3 Å². The average Bonchev–Trinajstić information content (AvgIpc) is 2.73. The predicted molar refractivity (Wildman–Crippen MR) is 132 cm³/mol. The molecule has 0 atom stereocenters. The Morgan fingerprint density at radius 2 is 2.14 bits per heavy atom. The number of amides is 1. The Morgan fingerprint density at radius 3 is 2.83 bits per heavy atom. The molecule has 2 fully saturated rings. The molecule has 1 aromatic rings. The lowest BCUT2D eigenvalue weighted by molar-refractivity contribution is -0.128. The highest BCUT2D eigenvalue weighted by molar-refractivity contribution is 14.0. The van der Waals surface area contributed by atoms with Crippen LogP contribution in [0.15, 0.2) is 29.4 Å². The van der Waals surface area contributed by atoms with Crippen LogP contribution in [0.4, 0.5) is 0 Å². The summed E-state index contributed by atoms with van der Waals surface area (Å²) in [5.41, 5.74) is 1.01. The molecule has 1 N–H and O–H groups in total. The van der Waals surface area contributed by atoms with E-state index >= 15 is 0 Å². The molecule has 1 aromatic heterocycles. The molecule has 2 heterocycles. The van der Waals surface area contributed by atoms with Gasteiger partial charge in [-0.05, 0) is 25.0 Å². The minimum absolute atomic E-state index is 0. The maximum atomic E-state index is 12.5. The zero-order chi connectivity index (χ0) is 19.8. The molecule has 0 aromatic carbocycles. The van der Waals surface area contributed by atoms with Gasteiger partial charge in [0.05, 0.1) is 6.54 Å². The number of aromatic nitrogens is 1. The number of halogens is 1. The van der Waals surface area contributed by atoms with E-state index < -0.39 is 0 Å². The number of hydrogen-bond donors (Lipinski definition) is 1. The first-order valence-electron chi connectivity index (χ1n) is 10.4. The lowest BCUT2D eigenvalue weighted by Gasteiger charge is -2.45. The number of hydrogen-bond acceptors (Lipinski definition) is 4. The Labute approximate surface area is 196 Å². The quantitative estimate of drug-likeness (QED) is 0.360. The second-order valence-corrected chi connectivity index (χ2v) is 9.36. The van der Waals surface area contributed by atoms with Crippen LogP contribution in [0.5, 0.6) is 0 Å². The summed E-state index contributed by atoms with van der Waals surface area (Å²) < 4.78 is 0.387. The van der Waals surface area contributed by atoms with Crippen LogP contribution in [0.25, 0.3) is 0 Å². The summed E-state index contributed by atoms with van der Waals surface area (Å²) in [6, 6.07) is 5.88. The first kappa shape index (κ1) is 24.2. The molecule has 0 radical (unpaired) electrons. The SMILES string of the molecule is CN=C(NCC(=O)N(C)CCc1ccccn1)N1CCSC2(CCCCC2)C1.I. The summed E-state index contributed by atoms with van der Waals surface area (Å²) in [7, 11) is 3.66. The summed E-state index contributed by atoms with van der Waals surface area (Å²) in [6.07, 6.45) is 9.22. The fraction of sp³-hybridized carbons (Fsp3) is 0.667. The van der Waals surface area contributed by atoms with Gasteiger partial charge >= 0.3 is 0 Å². The highest BCUT2D eigenvalue weighted by atomic mass is 127. The minimum Gasteiger partial charge on any atom is -0.347 e. The van der Waals surface area contributed by atoms with E-state index in [2.05, 4.69) is 32.0 Å². The maximum Gasteiger partial charge on any atom is 0.241 e. The van der Waals surface area contributed by atoms with E-state index in [1.54, 1.807) is 11.1 Å². The molecule has 0 bridgehead atoms. The second-order valence-electron chi connectivity index (χ2n) is 7.80. The summed E-state index contributed by atoms with van der Waals surface area (Å²) in [6.45, 7) is 2.98. The Balaban J connectivity index is 0.00000300. The summed E-state index contributed by atoms with van der Waals surface area (Å²) in [4.78, 5) is 25.4. The van der Waals surface area contributed by atoms with E-state index in [1.807, 2.05) is 32.3 Å². The maximum absolute atomic E-state index is 12.5. The Kier molecular flexibility index (Phi) is 10.0. The summed E-state index contributed by atoms with van der Waals surface area (Å²) in [5, 5.41) is 3.30. The third-order valence-electron chi connectivity index (χ3n) is 5.78. The van der Waals surface area contributed by atoms with Gasteiger partial charge in [0.1, 0.15) is 0 Å². The van der Waals surface area contributed by atoms with Crippen molar-refractivity contribution < 1.29 is 4.79 Å².